The molecule has 1 atom stereocenters. The Bertz CT molecular complexity index is 888. The lowest BCUT2D eigenvalue weighted by molar-refractivity contribution is -0.136. The minimum Gasteiger partial charge on any atom is -0.480 e. The summed E-state index contributed by atoms with van der Waals surface area (Å²) in [7, 11) is 0. The zero-order chi connectivity index (χ0) is 17.3. The number of carboxylic acid groups (broad SMARTS) is 1. The van der Waals surface area contributed by atoms with Crippen LogP contribution in [0, 0.1) is 6.92 Å². The van der Waals surface area contributed by atoms with Crippen molar-refractivity contribution in [3.05, 3.63) is 41.0 Å². The van der Waals surface area contributed by atoms with Crippen LogP contribution in [0.2, 0.25) is 0 Å². The average Bonchev–Trinajstić information content (AvgIpc) is 2.98. The minimum atomic E-state index is -0.839. The van der Waals surface area contributed by atoms with Crippen molar-refractivity contribution in [2.75, 3.05) is 0 Å². The lowest BCUT2D eigenvalue weighted by Crippen LogP contribution is -2.11. The van der Waals surface area contributed by atoms with Crippen molar-refractivity contribution in [3.8, 4) is 11.1 Å². The van der Waals surface area contributed by atoms with Gasteiger partial charge in [-0.15, -0.1) is 11.3 Å². The van der Waals surface area contributed by atoms with E-state index in [0.717, 1.165) is 32.8 Å². The fourth-order valence-corrected chi connectivity index (χ4v) is 4.45. The van der Waals surface area contributed by atoms with Crippen LogP contribution in [0.3, 0.4) is 0 Å². The van der Waals surface area contributed by atoms with Gasteiger partial charge in [0.25, 0.3) is 0 Å². The number of thioether (sulfide) groups is 1. The molecular formula is C18H18N2O2S2. The number of aryl methyl sites for hydroxylation is 2. The van der Waals surface area contributed by atoms with E-state index in [-0.39, 0.29) is 0 Å². The van der Waals surface area contributed by atoms with Crippen LogP contribution >= 0.6 is 23.1 Å². The van der Waals surface area contributed by atoms with E-state index >= 15 is 0 Å². The molecule has 24 heavy (non-hydrogen) atoms. The smallest absolute Gasteiger partial charge is 0.316 e. The molecule has 0 aliphatic carbocycles. The van der Waals surface area contributed by atoms with Gasteiger partial charge in [0.15, 0.2) is 0 Å². The van der Waals surface area contributed by atoms with E-state index in [2.05, 4.69) is 46.5 Å². The maximum atomic E-state index is 11.2. The van der Waals surface area contributed by atoms with Crippen molar-refractivity contribution in [2.45, 2.75) is 37.5 Å². The molecule has 3 rings (SSSR count). The first-order valence-corrected chi connectivity index (χ1v) is 9.50. The molecule has 0 radical (unpaired) electrons. The van der Waals surface area contributed by atoms with Crippen LogP contribution in [0.15, 0.2) is 34.7 Å². The summed E-state index contributed by atoms with van der Waals surface area (Å²) in [5, 5.41) is 12.4. The van der Waals surface area contributed by atoms with E-state index in [0.29, 0.717) is 5.82 Å². The molecule has 1 N–H and O–H groups in total. The Labute approximate surface area is 149 Å². The Morgan fingerprint density at radius 1 is 1.29 bits per heavy atom. The Hall–Kier alpha value is -1.92. The quantitative estimate of drug-likeness (QED) is 0.524. The highest BCUT2D eigenvalue weighted by molar-refractivity contribution is 8.00. The predicted octanol–water partition coefficient (Wildman–Crippen LogP) is 4.79. The number of fused-ring (bicyclic) bond motifs is 1. The van der Waals surface area contributed by atoms with Crippen LogP contribution in [0.25, 0.3) is 21.3 Å². The molecule has 0 saturated heterocycles. The third-order valence-corrected chi connectivity index (χ3v) is 5.77. The van der Waals surface area contributed by atoms with E-state index < -0.39 is 11.2 Å². The lowest BCUT2D eigenvalue weighted by Gasteiger charge is -2.09. The lowest BCUT2D eigenvalue weighted by atomic mass is 10.0. The van der Waals surface area contributed by atoms with Crippen LogP contribution in [-0.2, 0) is 11.2 Å². The van der Waals surface area contributed by atoms with Crippen molar-refractivity contribution >= 4 is 39.3 Å². The van der Waals surface area contributed by atoms with Crippen molar-refractivity contribution in [1.82, 2.24) is 9.97 Å². The Balaban J connectivity index is 2.13. The van der Waals surface area contributed by atoms with Gasteiger partial charge in [-0.05, 0) is 31.4 Å². The summed E-state index contributed by atoms with van der Waals surface area (Å²) in [6.07, 6.45) is 1.00. The number of carboxylic acids is 1. The monoisotopic (exact) mass is 358 g/mol. The van der Waals surface area contributed by atoms with Crippen LogP contribution in [-0.4, -0.2) is 26.3 Å². The maximum absolute atomic E-state index is 11.2. The number of aliphatic carboxylic acids is 1. The van der Waals surface area contributed by atoms with Crippen molar-refractivity contribution in [1.29, 1.82) is 0 Å². The highest BCUT2D eigenvalue weighted by Crippen LogP contribution is 2.39. The zero-order valence-electron chi connectivity index (χ0n) is 13.7. The normalized spacial score (nSPS) is 12.5. The molecule has 0 bridgehead atoms. The molecule has 124 valence electrons. The number of aromatic nitrogens is 2. The topological polar surface area (TPSA) is 63.1 Å². The van der Waals surface area contributed by atoms with Gasteiger partial charge in [0.05, 0.1) is 5.39 Å². The van der Waals surface area contributed by atoms with E-state index in [1.807, 2.05) is 6.92 Å². The second-order valence-corrected chi connectivity index (χ2v) is 7.74. The molecule has 1 unspecified atom stereocenters. The largest absolute Gasteiger partial charge is 0.480 e. The Kier molecular flexibility index (Phi) is 4.87. The number of thiophene rings is 1. The first-order valence-electron chi connectivity index (χ1n) is 7.74. The molecular weight excluding hydrogens is 340 g/mol. The van der Waals surface area contributed by atoms with Gasteiger partial charge in [-0.25, -0.2) is 9.97 Å². The molecule has 2 heterocycles. The zero-order valence-corrected chi connectivity index (χ0v) is 15.4. The van der Waals surface area contributed by atoms with Gasteiger partial charge in [-0.2, -0.15) is 0 Å². The van der Waals surface area contributed by atoms with Gasteiger partial charge in [0, 0.05) is 10.9 Å². The van der Waals surface area contributed by atoms with Crippen molar-refractivity contribution < 1.29 is 9.90 Å². The number of benzene rings is 1. The Morgan fingerprint density at radius 3 is 2.62 bits per heavy atom. The van der Waals surface area contributed by atoms with Crippen LogP contribution in [0.5, 0.6) is 0 Å². The predicted molar refractivity (Wildman–Crippen MR) is 99.9 cm³/mol. The number of rotatable bonds is 5. The number of hydrogen-bond donors (Lipinski definition) is 1. The minimum absolute atomic E-state index is 0.558. The summed E-state index contributed by atoms with van der Waals surface area (Å²) in [4.78, 5) is 21.2. The van der Waals surface area contributed by atoms with E-state index in [1.165, 1.54) is 17.3 Å². The molecule has 0 fully saturated rings. The summed E-state index contributed by atoms with van der Waals surface area (Å²) in [6, 6.07) is 8.46. The van der Waals surface area contributed by atoms with E-state index in [9.17, 15) is 9.90 Å². The third kappa shape index (κ3) is 3.30. The number of hydrogen-bond acceptors (Lipinski definition) is 5. The number of nitrogens with zero attached hydrogens (tertiary/aromatic N) is 2. The van der Waals surface area contributed by atoms with Crippen molar-refractivity contribution in [2.24, 2.45) is 0 Å². The van der Waals surface area contributed by atoms with E-state index in [4.69, 9.17) is 0 Å². The van der Waals surface area contributed by atoms with Crippen molar-refractivity contribution in [3.63, 3.8) is 0 Å². The standard InChI is InChI=1S/C18H18N2O2S2/c1-4-12-5-7-13(8-6-12)14-9-23-16-15(14)17(20-11(3)19-16)24-10(2)18(21)22/h5-10H,4H2,1-3H3,(H,21,22). The van der Waals surface area contributed by atoms with Crippen LogP contribution in [0.1, 0.15) is 25.2 Å². The summed E-state index contributed by atoms with van der Waals surface area (Å²) in [5.74, 6) is -0.175. The SMILES string of the molecule is CCc1ccc(-c2csc3nc(C)nc(SC(C)C(=O)O)c23)cc1. The molecule has 1 aromatic carbocycles. The highest BCUT2D eigenvalue weighted by atomic mass is 32.2. The fraction of sp³-hybridized carbons (Fsp3) is 0.278. The van der Waals surface area contributed by atoms with Gasteiger partial charge in [-0.3, -0.25) is 4.79 Å². The summed E-state index contributed by atoms with van der Waals surface area (Å²) >= 11 is 2.84. The molecule has 3 aromatic rings. The highest BCUT2D eigenvalue weighted by Gasteiger charge is 2.20. The Morgan fingerprint density at radius 2 is 2.00 bits per heavy atom. The molecule has 0 amide bonds. The van der Waals surface area contributed by atoms with Crippen LogP contribution in [0.4, 0.5) is 0 Å². The first kappa shape index (κ1) is 16.9. The van der Waals surface area contributed by atoms with E-state index in [1.54, 1.807) is 18.3 Å². The molecule has 6 heteroatoms. The molecule has 4 nitrogen and oxygen atoms in total. The summed E-state index contributed by atoms with van der Waals surface area (Å²) in [6.45, 7) is 5.65. The van der Waals surface area contributed by atoms with Gasteiger partial charge in [0.1, 0.15) is 20.9 Å². The molecule has 0 aliphatic heterocycles. The van der Waals surface area contributed by atoms with Gasteiger partial charge >= 0.3 is 5.97 Å². The second-order valence-electron chi connectivity index (χ2n) is 5.55. The third-order valence-electron chi connectivity index (χ3n) is 3.82. The second kappa shape index (κ2) is 6.91. The molecule has 0 spiro atoms. The maximum Gasteiger partial charge on any atom is 0.316 e. The number of carbonyl (C=O) groups is 1. The molecule has 0 saturated carbocycles. The van der Waals surface area contributed by atoms with Gasteiger partial charge in [0.2, 0.25) is 0 Å². The molecule has 0 aliphatic rings. The summed E-state index contributed by atoms with van der Waals surface area (Å²) in [5.41, 5.74) is 3.47. The first-order chi connectivity index (χ1) is 11.5. The summed E-state index contributed by atoms with van der Waals surface area (Å²) < 4.78 is 0. The molecule has 2 aromatic heterocycles. The van der Waals surface area contributed by atoms with Gasteiger partial charge < -0.3 is 5.11 Å². The fourth-order valence-electron chi connectivity index (χ4n) is 2.45. The van der Waals surface area contributed by atoms with Gasteiger partial charge in [-0.1, -0.05) is 43.0 Å². The average molecular weight is 358 g/mol. The van der Waals surface area contributed by atoms with Crippen LogP contribution < -0.4 is 0 Å².